The van der Waals surface area contributed by atoms with Crippen molar-refractivity contribution in [2.75, 3.05) is 6.54 Å². The fraction of sp³-hybridized carbons (Fsp3) is 0.316. The van der Waals surface area contributed by atoms with Gasteiger partial charge in [0.1, 0.15) is 5.82 Å². The molecule has 130 valence electrons. The molecule has 1 aliphatic rings. The Balaban J connectivity index is 1.65. The van der Waals surface area contributed by atoms with E-state index in [4.69, 9.17) is 0 Å². The highest BCUT2D eigenvalue weighted by molar-refractivity contribution is 5.77. The Labute approximate surface area is 145 Å². The van der Waals surface area contributed by atoms with E-state index in [2.05, 4.69) is 0 Å². The summed E-state index contributed by atoms with van der Waals surface area (Å²) in [7, 11) is 0. The molecule has 1 fully saturated rings. The molecule has 2 aromatic carbocycles. The fourth-order valence-corrected chi connectivity index (χ4v) is 3.32. The van der Waals surface area contributed by atoms with Crippen molar-refractivity contribution in [3.8, 4) is 0 Å². The first-order valence-electron chi connectivity index (χ1n) is 8.33. The molecule has 5 nitrogen and oxygen atoms in total. The van der Waals surface area contributed by atoms with Gasteiger partial charge in [-0.3, -0.25) is 14.9 Å². The van der Waals surface area contributed by atoms with Crippen molar-refractivity contribution < 1.29 is 14.1 Å². The SMILES string of the molecule is O=C(CCc1cccc([N+](=O)[O-])c1)N1CCC[C@@H]1c1ccc(F)cc1. The largest absolute Gasteiger partial charge is 0.336 e. The highest BCUT2D eigenvalue weighted by atomic mass is 19.1. The molecule has 1 aliphatic heterocycles. The maximum Gasteiger partial charge on any atom is 0.269 e. The number of nitrogens with zero attached hydrogens (tertiary/aromatic N) is 2. The molecule has 0 aliphatic carbocycles. The lowest BCUT2D eigenvalue weighted by Crippen LogP contribution is -2.30. The third kappa shape index (κ3) is 4.02. The Kier molecular flexibility index (Phi) is 5.07. The molecule has 0 aromatic heterocycles. The summed E-state index contributed by atoms with van der Waals surface area (Å²) >= 11 is 0. The van der Waals surface area contributed by atoms with Crippen molar-refractivity contribution in [2.45, 2.75) is 31.7 Å². The minimum Gasteiger partial charge on any atom is -0.336 e. The number of carbonyl (C=O) groups excluding carboxylic acids is 1. The lowest BCUT2D eigenvalue weighted by atomic mass is 10.0. The summed E-state index contributed by atoms with van der Waals surface area (Å²) in [5.41, 5.74) is 1.76. The average molecular weight is 342 g/mol. The first kappa shape index (κ1) is 17.1. The number of hydrogen-bond donors (Lipinski definition) is 0. The number of amides is 1. The Morgan fingerprint density at radius 2 is 2.00 bits per heavy atom. The van der Waals surface area contributed by atoms with Crippen LogP contribution in [0.15, 0.2) is 48.5 Å². The summed E-state index contributed by atoms with van der Waals surface area (Å²) in [6.07, 6.45) is 2.56. The zero-order valence-electron chi connectivity index (χ0n) is 13.7. The Bertz CT molecular complexity index is 776. The molecule has 1 atom stereocenters. The van der Waals surface area contributed by atoms with Crippen LogP contribution in [0, 0.1) is 15.9 Å². The molecule has 1 heterocycles. The van der Waals surface area contributed by atoms with Gasteiger partial charge >= 0.3 is 0 Å². The van der Waals surface area contributed by atoms with Crippen LogP contribution < -0.4 is 0 Å². The number of aryl methyl sites for hydroxylation is 1. The maximum absolute atomic E-state index is 13.1. The molecule has 0 unspecified atom stereocenters. The van der Waals surface area contributed by atoms with E-state index in [0.29, 0.717) is 19.4 Å². The summed E-state index contributed by atoms with van der Waals surface area (Å²) in [6, 6.07) is 12.7. The van der Waals surface area contributed by atoms with E-state index in [1.807, 2.05) is 4.90 Å². The Hall–Kier alpha value is -2.76. The zero-order valence-corrected chi connectivity index (χ0v) is 13.7. The van der Waals surface area contributed by atoms with Crippen molar-refractivity contribution in [3.05, 3.63) is 75.6 Å². The standard InChI is InChI=1S/C19H19FN2O3/c20-16-9-7-15(8-10-16)18-5-2-12-21(18)19(23)11-6-14-3-1-4-17(13-14)22(24)25/h1,3-4,7-10,13,18H,2,5-6,11-12H2/t18-/m1/s1. The monoisotopic (exact) mass is 342 g/mol. The van der Waals surface area contributed by atoms with Gasteiger partial charge < -0.3 is 4.90 Å². The van der Waals surface area contributed by atoms with E-state index < -0.39 is 4.92 Å². The van der Waals surface area contributed by atoms with E-state index >= 15 is 0 Å². The van der Waals surface area contributed by atoms with E-state index in [-0.39, 0.29) is 23.5 Å². The van der Waals surface area contributed by atoms with Crippen molar-refractivity contribution in [1.82, 2.24) is 4.90 Å². The van der Waals surface area contributed by atoms with Crippen LogP contribution in [0.2, 0.25) is 0 Å². The van der Waals surface area contributed by atoms with Crippen LogP contribution in [0.5, 0.6) is 0 Å². The van der Waals surface area contributed by atoms with E-state index in [1.165, 1.54) is 24.3 Å². The summed E-state index contributed by atoms with van der Waals surface area (Å²) < 4.78 is 13.1. The fourth-order valence-electron chi connectivity index (χ4n) is 3.32. The van der Waals surface area contributed by atoms with Crippen molar-refractivity contribution >= 4 is 11.6 Å². The molecule has 25 heavy (non-hydrogen) atoms. The second kappa shape index (κ2) is 7.42. The molecule has 1 saturated heterocycles. The van der Waals surface area contributed by atoms with Crippen molar-refractivity contribution in [2.24, 2.45) is 0 Å². The highest BCUT2D eigenvalue weighted by Gasteiger charge is 2.29. The van der Waals surface area contributed by atoms with Crippen LogP contribution >= 0.6 is 0 Å². The number of non-ortho nitro benzene ring substituents is 1. The quantitative estimate of drug-likeness (QED) is 0.609. The minimum absolute atomic E-state index is 0.0155. The van der Waals surface area contributed by atoms with Gasteiger partial charge in [0.05, 0.1) is 11.0 Å². The number of nitro groups is 1. The Morgan fingerprint density at radius 1 is 1.24 bits per heavy atom. The number of carbonyl (C=O) groups is 1. The van der Waals surface area contributed by atoms with Gasteiger partial charge in [-0.1, -0.05) is 24.3 Å². The molecule has 3 rings (SSSR count). The molecule has 0 bridgehead atoms. The van der Waals surface area contributed by atoms with Crippen molar-refractivity contribution in [1.29, 1.82) is 0 Å². The van der Waals surface area contributed by atoms with Gasteiger partial charge in [-0.25, -0.2) is 4.39 Å². The van der Waals surface area contributed by atoms with E-state index in [0.717, 1.165) is 24.0 Å². The molecule has 1 amide bonds. The number of benzene rings is 2. The van der Waals surface area contributed by atoms with Crippen LogP contribution in [-0.4, -0.2) is 22.3 Å². The second-order valence-electron chi connectivity index (χ2n) is 6.22. The molecule has 0 spiro atoms. The van der Waals surface area contributed by atoms with Gasteiger partial charge in [-0.15, -0.1) is 0 Å². The highest BCUT2D eigenvalue weighted by Crippen LogP contribution is 2.32. The average Bonchev–Trinajstić information content (AvgIpc) is 3.10. The van der Waals surface area contributed by atoms with Crippen LogP contribution in [0.4, 0.5) is 10.1 Å². The number of rotatable bonds is 5. The smallest absolute Gasteiger partial charge is 0.269 e. The van der Waals surface area contributed by atoms with Crippen LogP contribution in [-0.2, 0) is 11.2 Å². The number of likely N-dealkylation sites (tertiary alicyclic amines) is 1. The molecule has 6 heteroatoms. The number of nitro benzene ring substituents is 1. The molecule has 2 aromatic rings. The topological polar surface area (TPSA) is 63.4 Å². The van der Waals surface area contributed by atoms with Crippen molar-refractivity contribution in [3.63, 3.8) is 0 Å². The summed E-state index contributed by atoms with van der Waals surface area (Å²) in [5, 5.41) is 10.8. The van der Waals surface area contributed by atoms with Gasteiger partial charge in [-0.05, 0) is 42.5 Å². The van der Waals surface area contributed by atoms with Gasteiger partial charge in [0.15, 0.2) is 0 Å². The predicted octanol–water partition coefficient (Wildman–Crippen LogP) is 4.03. The maximum atomic E-state index is 13.1. The predicted molar refractivity (Wildman–Crippen MR) is 91.5 cm³/mol. The summed E-state index contributed by atoms with van der Waals surface area (Å²) in [6.45, 7) is 0.690. The number of halogens is 1. The van der Waals surface area contributed by atoms with E-state index in [9.17, 15) is 19.3 Å². The molecule has 0 radical (unpaired) electrons. The first-order valence-corrected chi connectivity index (χ1v) is 8.33. The molecule has 0 saturated carbocycles. The third-order valence-corrected chi connectivity index (χ3v) is 4.58. The van der Waals surface area contributed by atoms with Crippen LogP contribution in [0.3, 0.4) is 0 Å². The lowest BCUT2D eigenvalue weighted by molar-refractivity contribution is -0.384. The van der Waals surface area contributed by atoms with Gasteiger partial charge in [0, 0.05) is 25.1 Å². The Morgan fingerprint density at radius 3 is 2.72 bits per heavy atom. The normalized spacial score (nSPS) is 16.8. The van der Waals surface area contributed by atoms with E-state index in [1.54, 1.807) is 24.3 Å². The van der Waals surface area contributed by atoms with Gasteiger partial charge in [0.2, 0.25) is 5.91 Å². The second-order valence-corrected chi connectivity index (χ2v) is 6.22. The van der Waals surface area contributed by atoms with Crippen LogP contribution in [0.1, 0.15) is 36.4 Å². The van der Waals surface area contributed by atoms with Gasteiger partial charge in [0.25, 0.3) is 5.69 Å². The molecular weight excluding hydrogens is 323 g/mol. The van der Waals surface area contributed by atoms with Gasteiger partial charge in [-0.2, -0.15) is 0 Å². The lowest BCUT2D eigenvalue weighted by Gasteiger charge is -2.25. The molecular formula is C19H19FN2O3. The third-order valence-electron chi connectivity index (χ3n) is 4.58. The summed E-state index contributed by atoms with van der Waals surface area (Å²) in [5.74, 6) is -0.261. The zero-order chi connectivity index (χ0) is 17.8. The van der Waals surface area contributed by atoms with Crippen LogP contribution in [0.25, 0.3) is 0 Å². The molecule has 0 N–H and O–H groups in total. The minimum atomic E-state index is -0.434. The first-order chi connectivity index (χ1) is 12.0. The summed E-state index contributed by atoms with van der Waals surface area (Å²) in [4.78, 5) is 24.8. The number of hydrogen-bond acceptors (Lipinski definition) is 3.